The third kappa shape index (κ3) is 2.49. The molecule has 1 unspecified atom stereocenters. The van der Waals surface area contributed by atoms with E-state index in [0.717, 1.165) is 20.9 Å². The summed E-state index contributed by atoms with van der Waals surface area (Å²) in [7, 11) is 0. The molecule has 0 aliphatic carbocycles. The van der Waals surface area contributed by atoms with Gasteiger partial charge in [-0.05, 0) is 42.0 Å². The lowest BCUT2D eigenvalue weighted by Crippen LogP contribution is -2.01. The fourth-order valence-corrected chi connectivity index (χ4v) is 3.50. The molecule has 0 fully saturated rings. The van der Waals surface area contributed by atoms with Crippen molar-refractivity contribution in [1.82, 2.24) is 19.6 Å². The first kappa shape index (κ1) is 14.7. The molecule has 1 N–H and O–H groups in total. The van der Waals surface area contributed by atoms with E-state index in [1.165, 1.54) is 10.8 Å². The van der Waals surface area contributed by atoms with E-state index < -0.39 is 11.2 Å². The number of aromatic hydroxyl groups is 1. The maximum atomic E-state index is 12.5. The predicted octanol–water partition coefficient (Wildman–Crippen LogP) is 2.66. The molecule has 0 bridgehead atoms. The van der Waals surface area contributed by atoms with Crippen LogP contribution in [0.3, 0.4) is 0 Å². The second-order valence-corrected chi connectivity index (χ2v) is 6.55. The Balaban J connectivity index is 1.70. The molecule has 1 atom stereocenters. The van der Waals surface area contributed by atoms with E-state index in [1.54, 1.807) is 6.20 Å². The predicted molar refractivity (Wildman–Crippen MR) is 89.0 cm³/mol. The molecule has 7 heteroatoms. The van der Waals surface area contributed by atoms with Gasteiger partial charge in [-0.1, -0.05) is 18.2 Å². The highest BCUT2D eigenvalue weighted by atomic mass is 32.2. The maximum Gasteiger partial charge on any atom is 0.318 e. The molecule has 4 rings (SSSR count). The van der Waals surface area contributed by atoms with Gasteiger partial charge in [0.05, 0.1) is 6.20 Å². The Morgan fingerprint density at radius 3 is 2.38 bits per heavy atom. The molecule has 118 valence electrons. The maximum absolute atomic E-state index is 12.5. The van der Waals surface area contributed by atoms with Gasteiger partial charge in [0.1, 0.15) is 6.33 Å². The Labute approximate surface area is 140 Å². The third-order valence-electron chi connectivity index (χ3n) is 3.62. The minimum atomic E-state index is -1.22. The summed E-state index contributed by atoms with van der Waals surface area (Å²) in [5.74, 6) is 0. The zero-order valence-electron chi connectivity index (χ0n) is 12.4. The minimum Gasteiger partial charge on any atom is -0.606 e. The monoisotopic (exact) mass is 336 g/mol. The van der Waals surface area contributed by atoms with Gasteiger partial charge in [0, 0.05) is 16.7 Å². The highest BCUT2D eigenvalue weighted by Crippen LogP contribution is 2.27. The molecule has 0 amide bonds. The van der Waals surface area contributed by atoms with Gasteiger partial charge in [0.2, 0.25) is 0 Å². The molecular weight excluding hydrogens is 324 g/mol. The van der Waals surface area contributed by atoms with Crippen LogP contribution in [-0.2, 0) is 11.2 Å². The standard InChI is InChI=1S/C17H12N4O2S/c22-17-19-11-18-16-15(10-20-21(16)17)12-6-8-14(9-7-12)24(23)13-4-2-1-3-5-13/h1-11H,(H,18,19,22). The lowest BCUT2D eigenvalue weighted by atomic mass is 10.1. The van der Waals surface area contributed by atoms with Crippen molar-refractivity contribution in [3.05, 3.63) is 67.1 Å². The van der Waals surface area contributed by atoms with Crippen LogP contribution in [0.4, 0.5) is 0 Å². The number of benzene rings is 2. The van der Waals surface area contributed by atoms with E-state index in [0.29, 0.717) is 5.65 Å². The molecule has 0 saturated carbocycles. The van der Waals surface area contributed by atoms with Crippen molar-refractivity contribution in [3.8, 4) is 17.1 Å². The van der Waals surface area contributed by atoms with Gasteiger partial charge in [-0.15, -0.1) is 0 Å². The van der Waals surface area contributed by atoms with Crippen LogP contribution >= 0.6 is 0 Å². The smallest absolute Gasteiger partial charge is 0.318 e. The average molecular weight is 336 g/mol. The number of aromatic nitrogens is 4. The molecular formula is C17H12N4O2S. The van der Waals surface area contributed by atoms with Crippen molar-refractivity contribution >= 4 is 16.8 Å². The van der Waals surface area contributed by atoms with E-state index in [2.05, 4.69) is 15.1 Å². The van der Waals surface area contributed by atoms with Gasteiger partial charge < -0.3 is 9.66 Å². The van der Waals surface area contributed by atoms with Crippen LogP contribution in [0.5, 0.6) is 6.01 Å². The van der Waals surface area contributed by atoms with Crippen molar-refractivity contribution in [2.45, 2.75) is 9.79 Å². The molecule has 0 aliphatic rings. The largest absolute Gasteiger partial charge is 0.606 e. The topological polar surface area (TPSA) is 86.4 Å². The molecule has 0 saturated heterocycles. The van der Waals surface area contributed by atoms with Crippen LogP contribution in [0.1, 0.15) is 0 Å². The van der Waals surface area contributed by atoms with Crippen LogP contribution in [-0.4, -0.2) is 29.2 Å². The molecule has 2 aromatic carbocycles. The fourth-order valence-electron chi connectivity index (χ4n) is 2.44. The third-order valence-corrected chi connectivity index (χ3v) is 5.02. The number of hydrogen-bond donors (Lipinski definition) is 1. The Kier molecular flexibility index (Phi) is 3.64. The Morgan fingerprint density at radius 2 is 1.62 bits per heavy atom. The first-order valence-electron chi connectivity index (χ1n) is 7.19. The molecule has 24 heavy (non-hydrogen) atoms. The second-order valence-electron chi connectivity index (χ2n) is 5.07. The lowest BCUT2D eigenvalue weighted by molar-refractivity contribution is 0.411. The Hall–Kier alpha value is -2.90. The van der Waals surface area contributed by atoms with Gasteiger partial charge in [-0.2, -0.15) is 14.6 Å². The lowest BCUT2D eigenvalue weighted by Gasteiger charge is -2.10. The quantitative estimate of drug-likeness (QED) is 0.581. The summed E-state index contributed by atoms with van der Waals surface area (Å²) in [4.78, 5) is 9.33. The number of fused-ring (bicyclic) bond motifs is 1. The summed E-state index contributed by atoms with van der Waals surface area (Å²) >= 11 is -1.22. The highest BCUT2D eigenvalue weighted by molar-refractivity contribution is 7.91. The summed E-state index contributed by atoms with van der Waals surface area (Å²) < 4.78 is 13.8. The number of hydrogen-bond acceptors (Lipinski definition) is 5. The zero-order chi connectivity index (χ0) is 16.5. The summed E-state index contributed by atoms with van der Waals surface area (Å²) in [6.45, 7) is 0. The van der Waals surface area contributed by atoms with E-state index in [4.69, 9.17) is 0 Å². The van der Waals surface area contributed by atoms with Gasteiger partial charge in [0.25, 0.3) is 0 Å². The van der Waals surface area contributed by atoms with E-state index >= 15 is 0 Å². The average Bonchev–Trinajstić information content (AvgIpc) is 3.07. The Bertz CT molecular complexity index is 987. The van der Waals surface area contributed by atoms with Crippen LogP contribution in [0, 0.1) is 0 Å². The Morgan fingerprint density at radius 1 is 0.917 bits per heavy atom. The van der Waals surface area contributed by atoms with Crippen molar-refractivity contribution in [2.75, 3.05) is 0 Å². The van der Waals surface area contributed by atoms with Gasteiger partial charge >= 0.3 is 6.01 Å². The molecule has 4 aromatic rings. The summed E-state index contributed by atoms with van der Waals surface area (Å²) in [6, 6.07) is 16.5. The first-order chi connectivity index (χ1) is 11.7. The van der Waals surface area contributed by atoms with Crippen molar-refractivity contribution in [3.63, 3.8) is 0 Å². The highest BCUT2D eigenvalue weighted by Gasteiger charge is 2.16. The summed E-state index contributed by atoms with van der Waals surface area (Å²) in [5.41, 5.74) is 2.15. The van der Waals surface area contributed by atoms with Gasteiger partial charge in [-0.25, -0.2) is 4.98 Å². The van der Waals surface area contributed by atoms with E-state index in [1.807, 2.05) is 54.6 Å². The van der Waals surface area contributed by atoms with Crippen molar-refractivity contribution < 1.29 is 9.66 Å². The van der Waals surface area contributed by atoms with Crippen molar-refractivity contribution in [1.29, 1.82) is 0 Å². The second kappa shape index (κ2) is 5.95. The summed E-state index contributed by atoms with van der Waals surface area (Å²) in [5, 5.41) is 13.8. The molecule has 2 aromatic heterocycles. The zero-order valence-corrected chi connectivity index (χ0v) is 13.2. The fraction of sp³-hybridized carbons (Fsp3) is 0. The SMILES string of the molecule is [O-][S+](c1ccccc1)c1ccc(-c2cnn3c(O)ncnc23)cc1. The van der Waals surface area contributed by atoms with Crippen LogP contribution in [0.2, 0.25) is 0 Å². The van der Waals surface area contributed by atoms with Crippen LogP contribution in [0.25, 0.3) is 16.8 Å². The minimum absolute atomic E-state index is 0.215. The van der Waals surface area contributed by atoms with Crippen LogP contribution < -0.4 is 0 Å². The van der Waals surface area contributed by atoms with Crippen molar-refractivity contribution in [2.24, 2.45) is 0 Å². The normalized spacial score (nSPS) is 12.4. The number of rotatable bonds is 3. The molecule has 0 aliphatic heterocycles. The molecule has 6 nitrogen and oxygen atoms in total. The van der Waals surface area contributed by atoms with Gasteiger partial charge in [-0.3, -0.25) is 0 Å². The van der Waals surface area contributed by atoms with E-state index in [9.17, 15) is 9.66 Å². The number of nitrogens with zero attached hydrogens (tertiary/aromatic N) is 4. The molecule has 2 heterocycles. The summed E-state index contributed by atoms with van der Waals surface area (Å²) in [6.07, 6.45) is 2.90. The molecule has 0 spiro atoms. The van der Waals surface area contributed by atoms with Crippen LogP contribution in [0.15, 0.2) is 76.9 Å². The van der Waals surface area contributed by atoms with Gasteiger partial charge in [0.15, 0.2) is 15.4 Å². The van der Waals surface area contributed by atoms with E-state index in [-0.39, 0.29) is 6.01 Å². The first-order valence-corrected chi connectivity index (χ1v) is 8.34. The molecule has 0 radical (unpaired) electrons.